The zero-order chi connectivity index (χ0) is 15.5. The highest BCUT2D eigenvalue weighted by Crippen LogP contribution is 2.29. The second-order valence-corrected chi connectivity index (χ2v) is 7.39. The summed E-state index contributed by atoms with van der Waals surface area (Å²) in [5.74, 6) is 0. The molecule has 1 aromatic heterocycles. The molecule has 0 fully saturated rings. The zero-order valence-corrected chi connectivity index (χ0v) is 14.4. The molecule has 0 aliphatic rings. The van der Waals surface area contributed by atoms with E-state index in [9.17, 15) is 0 Å². The van der Waals surface area contributed by atoms with E-state index < -0.39 is 0 Å². The highest BCUT2D eigenvalue weighted by atomic mass is 32.1. The topological polar surface area (TPSA) is 28.2 Å². The standard InChI is InChI=1S/C17H25N3S/c1-6-20(14-9-7-13(2)8-10-14)16-18-11-15(21-16)12-19-17(3,4)5/h7-11,19H,6,12H2,1-5H3. The molecule has 1 heterocycles. The summed E-state index contributed by atoms with van der Waals surface area (Å²) in [6, 6.07) is 8.61. The van der Waals surface area contributed by atoms with Crippen LogP contribution in [-0.2, 0) is 6.54 Å². The Balaban J connectivity index is 2.12. The van der Waals surface area contributed by atoms with Crippen molar-refractivity contribution in [2.75, 3.05) is 11.4 Å². The van der Waals surface area contributed by atoms with Gasteiger partial charge in [0.1, 0.15) is 0 Å². The molecule has 1 aromatic carbocycles. The molecular formula is C17H25N3S. The van der Waals surface area contributed by atoms with Crippen molar-refractivity contribution in [3.8, 4) is 0 Å². The minimum Gasteiger partial charge on any atom is -0.318 e. The summed E-state index contributed by atoms with van der Waals surface area (Å²) in [6.45, 7) is 12.6. The molecular weight excluding hydrogens is 278 g/mol. The predicted octanol–water partition coefficient (Wildman–Crippen LogP) is 4.50. The smallest absolute Gasteiger partial charge is 0.190 e. The second-order valence-electron chi connectivity index (χ2n) is 6.29. The van der Waals surface area contributed by atoms with Crippen LogP contribution in [0.5, 0.6) is 0 Å². The van der Waals surface area contributed by atoms with E-state index in [-0.39, 0.29) is 5.54 Å². The van der Waals surface area contributed by atoms with Gasteiger partial charge < -0.3 is 10.2 Å². The van der Waals surface area contributed by atoms with Gasteiger partial charge in [0.2, 0.25) is 0 Å². The fourth-order valence-electron chi connectivity index (χ4n) is 2.01. The minimum absolute atomic E-state index is 0.131. The molecule has 2 aromatic rings. The largest absolute Gasteiger partial charge is 0.318 e. The van der Waals surface area contributed by atoms with Gasteiger partial charge in [-0.3, -0.25) is 0 Å². The van der Waals surface area contributed by atoms with Crippen molar-refractivity contribution in [1.29, 1.82) is 0 Å². The summed E-state index contributed by atoms with van der Waals surface area (Å²) in [4.78, 5) is 8.11. The molecule has 4 heteroatoms. The Hall–Kier alpha value is -1.39. The normalized spacial score (nSPS) is 11.7. The van der Waals surface area contributed by atoms with Crippen molar-refractivity contribution in [2.24, 2.45) is 0 Å². The quantitative estimate of drug-likeness (QED) is 0.881. The van der Waals surface area contributed by atoms with E-state index in [1.165, 1.54) is 16.1 Å². The fraction of sp³-hybridized carbons (Fsp3) is 0.471. The van der Waals surface area contributed by atoms with Gasteiger partial charge in [0.15, 0.2) is 5.13 Å². The van der Waals surface area contributed by atoms with E-state index in [0.717, 1.165) is 18.2 Å². The number of aryl methyl sites for hydroxylation is 1. The maximum atomic E-state index is 4.59. The molecule has 3 nitrogen and oxygen atoms in total. The van der Waals surface area contributed by atoms with Crippen LogP contribution in [0.25, 0.3) is 0 Å². The first kappa shape index (κ1) is 16.0. The molecule has 21 heavy (non-hydrogen) atoms. The molecule has 0 amide bonds. The molecule has 0 saturated carbocycles. The van der Waals surface area contributed by atoms with Gasteiger partial charge in [-0.2, -0.15) is 0 Å². The Labute approximate surface area is 132 Å². The monoisotopic (exact) mass is 303 g/mol. The number of anilines is 2. The molecule has 2 rings (SSSR count). The SMILES string of the molecule is CCN(c1ccc(C)cc1)c1ncc(CNC(C)(C)C)s1. The summed E-state index contributed by atoms with van der Waals surface area (Å²) in [7, 11) is 0. The first-order valence-electron chi connectivity index (χ1n) is 7.43. The van der Waals surface area contributed by atoms with Crippen molar-refractivity contribution < 1.29 is 0 Å². The third kappa shape index (κ3) is 4.55. The third-order valence-electron chi connectivity index (χ3n) is 3.23. The fourth-order valence-corrected chi connectivity index (χ4v) is 2.94. The number of rotatable bonds is 5. The molecule has 0 bridgehead atoms. The Bertz CT molecular complexity index is 566. The first-order valence-corrected chi connectivity index (χ1v) is 8.24. The van der Waals surface area contributed by atoms with Crippen molar-refractivity contribution in [3.05, 3.63) is 40.9 Å². The Morgan fingerprint density at radius 2 is 1.86 bits per heavy atom. The molecule has 0 aliphatic heterocycles. The summed E-state index contributed by atoms with van der Waals surface area (Å²) < 4.78 is 0. The maximum absolute atomic E-state index is 4.59. The predicted molar refractivity (Wildman–Crippen MR) is 92.6 cm³/mol. The van der Waals surface area contributed by atoms with Crippen LogP contribution < -0.4 is 10.2 Å². The lowest BCUT2D eigenvalue weighted by Crippen LogP contribution is -2.34. The van der Waals surface area contributed by atoms with Crippen molar-refractivity contribution in [1.82, 2.24) is 10.3 Å². The van der Waals surface area contributed by atoms with E-state index in [4.69, 9.17) is 0 Å². The summed E-state index contributed by atoms with van der Waals surface area (Å²) in [6.07, 6.45) is 1.98. The van der Waals surface area contributed by atoms with Gasteiger partial charge in [-0.25, -0.2) is 4.98 Å². The first-order chi connectivity index (χ1) is 9.89. The lowest BCUT2D eigenvalue weighted by molar-refractivity contribution is 0.426. The molecule has 0 unspecified atom stereocenters. The third-order valence-corrected chi connectivity index (χ3v) is 4.25. The summed E-state index contributed by atoms with van der Waals surface area (Å²) in [5.41, 5.74) is 2.61. The van der Waals surface area contributed by atoms with E-state index >= 15 is 0 Å². The molecule has 0 aliphatic carbocycles. The van der Waals surface area contributed by atoms with Gasteiger partial charge in [0.25, 0.3) is 0 Å². The second kappa shape index (κ2) is 6.58. The number of hydrogen-bond donors (Lipinski definition) is 1. The van der Waals surface area contributed by atoms with Crippen molar-refractivity contribution in [3.63, 3.8) is 0 Å². The Morgan fingerprint density at radius 3 is 2.43 bits per heavy atom. The molecule has 114 valence electrons. The zero-order valence-electron chi connectivity index (χ0n) is 13.6. The number of benzene rings is 1. The van der Waals surface area contributed by atoms with E-state index in [0.29, 0.717) is 0 Å². The number of thiazole rings is 1. The van der Waals surface area contributed by atoms with Crippen LogP contribution in [0.2, 0.25) is 0 Å². The van der Waals surface area contributed by atoms with Crippen molar-refractivity contribution >= 4 is 22.2 Å². The number of hydrogen-bond acceptors (Lipinski definition) is 4. The lowest BCUT2D eigenvalue weighted by Gasteiger charge is -2.20. The van der Waals surface area contributed by atoms with Crippen LogP contribution in [0.4, 0.5) is 10.8 Å². The van der Waals surface area contributed by atoms with Crippen LogP contribution in [0.15, 0.2) is 30.5 Å². The van der Waals surface area contributed by atoms with E-state index in [2.05, 4.69) is 74.1 Å². The summed E-state index contributed by atoms with van der Waals surface area (Å²) in [5, 5.41) is 4.57. The Morgan fingerprint density at radius 1 is 1.19 bits per heavy atom. The molecule has 0 saturated heterocycles. The van der Waals surface area contributed by atoms with Crippen LogP contribution in [0, 0.1) is 6.92 Å². The van der Waals surface area contributed by atoms with Gasteiger partial charge in [-0.05, 0) is 46.8 Å². The van der Waals surface area contributed by atoms with Crippen molar-refractivity contribution in [2.45, 2.75) is 46.7 Å². The summed E-state index contributed by atoms with van der Waals surface area (Å²) >= 11 is 1.76. The van der Waals surface area contributed by atoms with Gasteiger partial charge in [-0.15, -0.1) is 11.3 Å². The highest BCUT2D eigenvalue weighted by molar-refractivity contribution is 7.15. The Kier molecular flexibility index (Phi) is 5.01. The average Bonchev–Trinajstić information content (AvgIpc) is 2.87. The molecule has 0 spiro atoms. The van der Waals surface area contributed by atoms with E-state index in [1.54, 1.807) is 11.3 Å². The number of nitrogens with zero attached hydrogens (tertiary/aromatic N) is 2. The molecule has 0 atom stereocenters. The minimum atomic E-state index is 0.131. The lowest BCUT2D eigenvalue weighted by atomic mass is 10.1. The van der Waals surface area contributed by atoms with Gasteiger partial charge in [-0.1, -0.05) is 17.7 Å². The van der Waals surface area contributed by atoms with Gasteiger partial charge >= 0.3 is 0 Å². The molecule has 1 N–H and O–H groups in total. The number of aromatic nitrogens is 1. The van der Waals surface area contributed by atoms with Gasteiger partial charge in [0.05, 0.1) is 0 Å². The highest BCUT2D eigenvalue weighted by Gasteiger charge is 2.13. The van der Waals surface area contributed by atoms with Crippen LogP contribution >= 0.6 is 11.3 Å². The van der Waals surface area contributed by atoms with Crippen LogP contribution in [-0.4, -0.2) is 17.1 Å². The van der Waals surface area contributed by atoms with E-state index in [1.807, 2.05) is 6.20 Å². The van der Waals surface area contributed by atoms with Crippen LogP contribution in [0.1, 0.15) is 38.1 Å². The van der Waals surface area contributed by atoms with Gasteiger partial charge in [0, 0.05) is 35.4 Å². The molecule has 0 radical (unpaired) electrons. The average molecular weight is 303 g/mol. The number of nitrogens with one attached hydrogen (secondary N) is 1. The maximum Gasteiger partial charge on any atom is 0.190 e. The van der Waals surface area contributed by atoms with Crippen LogP contribution in [0.3, 0.4) is 0 Å².